The molecule has 0 unspecified atom stereocenters. The summed E-state index contributed by atoms with van der Waals surface area (Å²) in [7, 11) is 1.34. The zero-order valence-corrected chi connectivity index (χ0v) is 7.59. The number of carbonyl (C=O) groups excluding carboxylic acids is 1. The van der Waals surface area contributed by atoms with Gasteiger partial charge in [-0.05, 0) is 24.5 Å². The number of ether oxygens (including phenoxy) is 1. The van der Waals surface area contributed by atoms with Gasteiger partial charge in [0.25, 0.3) is 0 Å². The second-order valence-corrected chi connectivity index (χ2v) is 2.86. The largest absolute Gasteiger partial charge is 0.466 e. The first-order valence-corrected chi connectivity index (χ1v) is 4.06. The predicted octanol–water partition coefficient (Wildman–Crippen LogP) is 1.03. The van der Waals surface area contributed by atoms with Gasteiger partial charge >= 0.3 is 5.97 Å². The van der Waals surface area contributed by atoms with Crippen molar-refractivity contribution in [2.45, 2.75) is 6.92 Å². The number of nitrogens with zero attached hydrogens (tertiary/aromatic N) is 2. The van der Waals surface area contributed by atoms with E-state index in [0.29, 0.717) is 0 Å². The molecule has 0 aliphatic heterocycles. The van der Waals surface area contributed by atoms with E-state index < -0.39 is 0 Å². The molecule has 64 valence electrons. The Morgan fingerprint density at radius 1 is 1.67 bits per heavy atom. The molecule has 0 radical (unpaired) electrons. The molecule has 0 aromatic carbocycles. The van der Waals surface area contributed by atoms with Gasteiger partial charge in [-0.25, -0.2) is 4.79 Å². The highest BCUT2D eigenvalue weighted by molar-refractivity contribution is 7.06. The summed E-state index contributed by atoms with van der Waals surface area (Å²) in [4.78, 5) is 11.5. The summed E-state index contributed by atoms with van der Waals surface area (Å²) in [6.45, 7) is 1.83. The first-order valence-electron chi connectivity index (χ1n) is 3.29. The summed E-state index contributed by atoms with van der Waals surface area (Å²) in [5.41, 5.74) is 0.820. The Bertz CT molecular complexity index is 306. The highest BCUT2D eigenvalue weighted by Gasteiger charge is 1.98. The Balaban J connectivity index is 2.69. The Labute approximate surface area is 74.0 Å². The second kappa shape index (κ2) is 3.96. The van der Waals surface area contributed by atoms with E-state index in [0.717, 1.165) is 10.6 Å². The lowest BCUT2D eigenvalue weighted by atomic mass is 10.3. The fourth-order valence-electron chi connectivity index (χ4n) is 0.604. The molecule has 0 amide bonds. The Morgan fingerprint density at radius 3 is 2.92 bits per heavy atom. The van der Waals surface area contributed by atoms with Crippen LogP contribution in [-0.4, -0.2) is 22.7 Å². The molecule has 0 aliphatic carbocycles. The Hall–Kier alpha value is -1.23. The molecule has 0 atom stereocenters. The second-order valence-electron chi connectivity index (χ2n) is 2.08. The number of methoxy groups -OCH3 is 1. The highest BCUT2D eigenvalue weighted by Crippen LogP contribution is 2.10. The van der Waals surface area contributed by atoms with Gasteiger partial charge in [0.15, 0.2) is 0 Å². The monoisotopic (exact) mass is 184 g/mol. The number of rotatable bonds is 2. The van der Waals surface area contributed by atoms with E-state index in [1.54, 1.807) is 6.08 Å². The molecule has 0 saturated carbocycles. The third-order valence-corrected chi connectivity index (χ3v) is 2.05. The SMILES string of the molecule is COC(=O)/C=C/c1snnc1C. The molecule has 0 spiro atoms. The molecular formula is C7H8N2O2S. The number of carbonyl (C=O) groups is 1. The van der Waals surface area contributed by atoms with Crippen molar-refractivity contribution >= 4 is 23.6 Å². The van der Waals surface area contributed by atoms with Gasteiger partial charge < -0.3 is 4.74 Å². The minimum atomic E-state index is -0.372. The molecular weight excluding hydrogens is 176 g/mol. The molecule has 0 fully saturated rings. The van der Waals surface area contributed by atoms with E-state index in [4.69, 9.17) is 0 Å². The van der Waals surface area contributed by atoms with Gasteiger partial charge in [0, 0.05) is 6.08 Å². The van der Waals surface area contributed by atoms with Crippen molar-refractivity contribution in [1.29, 1.82) is 0 Å². The van der Waals surface area contributed by atoms with Gasteiger partial charge in [0.2, 0.25) is 0 Å². The highest BCUT2D eigenvalue weighted by atomic mass is 32.1. The van der Waals surface area contributed by atoms with Crippen LogP contribution in [0.1, 0.15) is 10.6 Å². The Kier molecular flexibility index (Phi) is 2.93. The van der Waals surface area contributed by atoms with Crippen LogP contribution in [-0.2, 0) is 9.53 Å². The molecule has 1 aromatic rings. The lowest BCUT2D eigenvalue weighted by Crippen LogP contribution is -1.93. The standard InChI is InChI=1S/C7H8N2O2S/c1-5-6(12-9-8-5)3-4-7(10)11-2/h3-4H,1-2H3/b4-3+. The van der Waals surface area contributed by atoms with E-state index >= 15 is 0 Å². The molecule has 5 heteroatoms. The van der Waals surface area contributed by atoms with Crippen LogP contribution in [0.5, 0.6) is 0 Å². The predicted molar refractivity (Wildman–Crippen MR) is 45.7 cm³/mol. The third-order valence-electron chi connectivity index (χ3n) is 1.26. The maximum absolute atomic E-state index is 10.7. The lowest BCUT2D eigenvalue weighted by molar-refractivity contribution is -0.134. The van der Waals surface area contributed by atoms with E-state index in [-0.39, 0.29) is 5.97 Å². The molecule has 1 aromatic heterocycles. The van der Waals surface area contributed by atoms with Gasteiger partial charge in [-0.15, -0.1) is 5.10 Å². The maximum atomic E-state index is 10.7. The molecule has 4 nitrogen and oxygen atoms in total. The summed E-state index contributed by atoms with van der Waals surface area (Å²) < 4.78 is 8.14. The van der Waals surface area contributed by atoms with Crippen molar-refractivity contribution in [2.75, 3.05) is 7.11 Å². The lowest BCUT2D eigenvalue weighted by Gasteiger charge is -1.88. The normalized spacial score (nSPS) is 10.5. The maximum Gasteiger partial charge on any atom is 0.330 e. The number of aryl methyl sites for hydroxylation is 1. The molecule has 0 aliphatic rings. The molecule has 1 rings (SSSR count). The molecule has 0 saturated heterocycles. The molecule has 1 heterocycles. The van der Waals surface area contributed by atoms with Crippen molar-refractivity contribution in [2.24, 2.45) is 0 Å². The molecule has 0 bridgehead atoms. The van der Waals surface area contributed by atoms with Crippen molar-refractivity contribution in [3.63, 3.8) is 0 Å². The first kappa shape index (κ1) is 8.86. The summed E-state index contributed by atoms with van der Waals surface area (Å²) in [6.07, 6.45) is 2.99. The fourth-order valence-corrected chi connectivity index (χ4v) is 1.16. The average molecular weight is 184 g/mol. The smallest absolute Gasteiger partial charge is 0.330 e. The summed E-state index contributed by atoms with van der Waals surface area (Å²) >= 11 is 1.25. The average Bonchev–Trinajstić information content (AvgIpc) is 2.47. The van der Waals surface area contributed by atoms with Crippen LogP contribution in [0.25, 0.3) is 6.08 Å². The number of hydrogen-bond acceptors (Lipinski definition) is 5. The van der Waals surface area contributed by atoms with E-state index in [2.05, 4.69) is 14.3 Å². The van der Waals surface area contributed by atoms with Crippen molar-refractivity contribution in [3.8, 4) is 0 Å². The number of hydrogen-bond donors (Lipinski definition) is 0. The van der Waals surface area contributed by atoms with Crippen LogP contribution in [0.4, 0.5) is 0 Å². The zero-order chi connectivity index (χ0) is 8.97. The zero-order valence-electron chi connectivity index (χ0n) is 6.77. The topological polar surface area (TPSA) is 52.1 Å². The minimum absolute atomic E-state index is 0.372. The van der Waals surface area contributed by atoms with Gasteiger partial charge in [-0.3, -0.25) is 0 Å². The van der Waals surface area contributed by atoms with Crippen LogP contribution in [0, 0.1) is 6.92 Å². The fraction of sp³-hybridized carbons (Fsp3) is 0.286. The third kappa shape index (κ3) is 2.13. The first-order chi connectivity index (χ1) is 5.74. The summed E-state index contributed by atoms with van der Waals surface area (Å²) in [5, 5.41) is 3.79. The van der Waals surface area contributed by atoms with Crippen LogP contribution in [0.15, 0.2) is 6.08 Å². The summed E-state index contributed by atoms with van der Waals surface area (Å²) in [6, 6.07) is 0. The van der Waals surface area contributed by atoms with Gasteiger partial charge in [-0.2, -0.15) is 0 Å². The van der Waals surface area contributed by atoms with Crippen molar-refractivity contribution in [1.82, 2.24) is 9.59 Å². The quantitative estimate of drug-likeness (QED) is 0.509. The van der Waals surface area contributed by atoms with E-state index in [1.165, 1.54) is 24.7 Å². The van der Waals surface area contributed by atoms with E-state index in [9.17, 15) is 4.79 Å². The van der Waals surface area contributed by atoms with Crippen LogP contribution < -0.4 is 0 Å². The minimum Gasteiger partial charge on any atom is -0.466 e. The number of aromatic nitrogens is 2. The van der Waals surface area contributed by atoms with Gasteiger partial charge in [0.05, 0.1) is 17.7 Å². The van der Waals surface area contributed by atoms with E-state index in [1.807, 2.05) is 6.92 Å². The summed E-state index contributed by atoms with van der Waals surface area (Å²) in [5.74, 6) is -0.372. The van der Waals surface area contributed by atoms with Crippen LogP contribution in [0.2, 0.25) is 0 Å². The Morgan fingerprint density at radius 2 is 2.42 bits per heavy atom. The number of esters is 1. The van der Waals surface area contributed by atoms with Crippen LogP contribution >= 0.6 is 11.5 Å². The van der Waals surface area contributed by atoms with Gasteiger partial charge in [-0.1, -0.05) is 4.49 Å². The molecule has 12 heavy (non-hydrogen) atoms. The van der Waals surface area contributed by atoms with Crippen molar-refractivity contribution < 1.29 is 9.53 Å². The molecule has 0 N–H and O–H groups in total. The van der Waals surface area contributed by atoms with Crippen LogP contribution in [0.3, 0.4) is 0 Å². The van der Waals surface area contributed by atoms with Gasteiger partial charge in [0.1, 0.15) is 0 Å². The van der Waals surface area contributed by atoms with Crippen molar-refractivity contribution in [3.05, 3.63) is 16.6 Å².